The molecular weight excluding hydrogens is 362 g/mol. The summed E-state index contributed by atoms with van der Waals surface area (Å²) in [5.41, 5.74) is 1.86. The zero-order chi connectivity index (χ0) is 19.4. The van der Waals surface area contributed by atoms with Crippen LogP contribution in [0.15, 0.2) is 47.5 Å². The summed E-state index contributed by atoms with van der Waals surface area (Å²) in [4.78, 5) is 17.2. The topological polar surface area (TPSA) is 79.4 Å². The van der Waals surface area contributed by atoms with Crippen LogP contribution in [0.25, 0.3) is 0 Å². The van der Waals surface area contributed by atoms with E-state index < -0.39 is 10.0 Å². The first-order chi connectivity index (χ1) is 12.9. The van der Waals surface area contributed by atoms with E-state index in [0.29, 0.717) is 18.7 Å². The summed E-state index contributed by atoms with van der Waals surface area (Å²) in [6.07, 6.45) is 4.48. The van der Waals surface area contributed by atoms with Gasteiger partial charge in [0.05, 0.1) is 16.6 Å². The molecule has 1 amide bonds. The van der Waals surface area contributed by atoms with Crippen LogP contribution < -0.4 is 5.32 Å². The number of benzene rings is 1. The van der Waals surface area contributed by atoms with Gasteiger partial charge in [0.2, 0.25) is 10.0 Å². The number of nitrogens with zero attached hydrogens (tertiary/aromatic N) is 2. The number of hydrogen-bond donors (Lipinski definition) is 1. The normalized spacial score (nSPS) is 16.7. The van der Waals surface area contributed by atoms with Crippen molar-refractivity contribution in [1.82, 2.24) is 14.6 Å². The molecule has 1 aromatic carbocycles. The molecule has 1 atom stereocenters. The molecule has 0 radical (unpaired) electrons. The summed E-state index contributed by atoms with van der Waals surface area (Å²) >= 11 is 0. The number of nitrogens with one attached hydrogen (secondary N) is 1. The van der Waals surface area contributed by atoms with Gasteiger partial charge in [0.15, 0.2) is 0 Å². The Balaban J connectivity index is 1.83. The van der Waals surface area contributed by atoms with Crippen LogP contribution in [0.3, 0.4) is 0 Å². The van der Waals surface area contributed by atoms with Crippen LogP contribution >= 0.6 is 0 Å². The van der Waals surface area contributed by atoms with Gasteiger partial charge in [-0.25, -0.2) is 8.42 Å². The number of aryl methyl sites for hydroxylation is 1. The van der Waals surface area contributed by atoms with Gasteiger partial charge in [-0.3, -0.25) is 9.78 Å². The largest absolute Gasteiger partial charge is 0.344 e. The maximum atomic E-state index is 12.9. The Morgan fingerprint density at radius 1 is 1.15 bits per heavy atom. The third kappa shape index (κ3) is 4.36. The van der Waals surface area contributed by atoms with Crippen molar-refractivity contribution in [1.29, 1.82) is 0 Å². The lowest BCUT2D eigenvalue weighted by Crippen LogP contribution is -2.36. The average molecular weight is 388 g/mol. The molecule has 0 aliphatic carbocycles. The molecule has 1 fully saturated rings. The van der Waals surface area contributed by atoms with Crippen LogP contribution in [0.1, 0.15) is 53.8 Å². The van der Waals surface area contributed by atoms with Crippen molar-refractivity contribution in [3.63, 3.8) is 0 Å². The number of carbonyl (C=O) groups excluding carboxylic acids is 1. The third-order valence-corrected chi connectivity index (χ3v) is 6.78. The van der Waals surface area contributed by atoms with Crippen LogP contribution in [0.5, 0.6) is 0 Å². The highest BCUT2D eigenvalue weighted by molar-refractivity contribution is 7.89. The van der Waals surface area contributed by atoms with Gasteiger partial charge in [-0.05, 0) is 56.5 Å². The van der Waals surface area contributed by atoms with Crippen molar-refractivity contribution in [2.75, 3.05) is 13.1 Å². The number of rotatable bonds is 5. The summed E-state index contributed by atoms with van der Waals surface area (Å²) in [5, 5.41) is 2.90. The molecule has 1 aliphatic rings. The summed E-state index contributed by atoms with van der Waals surface area (Å²) < 4.78 is 27.3. The summed E-state index contributed by atoms with van der Waals surface area (Å²) in [7, 11) is -3.57. The van der Waals surface area contributed by atoms with E-state index >= 15 is 0 Å². The number of aromatic nitrogens is 1. The molecule has 6 nitrogen and oxygen atoms in total. The maximum absolute atomic E-state index is 12.9. The van der Waals surface area contributed by atoms with Crippen molar-refractivity contribution < 1.29 is 13.2 Å². The fourth-order valence-electron chi connectivity index (χ4n) is 3.24. The summed E-state index contributed by atoms with van der Waals surface area (Å²) in [5.74, 6) is -0.304. The number of hydrogen-bond acceptors (Lipinski definition) is 4. The molecule has 0 spiro atoms. The van der Waals surface area contributed by atoms with Gasteiger partial charge < -0.3 is 5.32 Å². The van der Waals surface area contributed by atoms with E-state index in [1.165, 1.54) is 10.4 Å². The molecule has 2 aromatic rings. The number of piperidine rings is 1. The molecule has 144 valence electrons. The Morgan fingerprint density at radius 2 is 1.89 bits per heavy atom. The van der Waals surface area contributed by atoms with E-state index in [0.717, 1.165) is 30.5 Å². The van der Waals surface area contributed by atoms with Crippen LogP contribution in [0, 0.1) is 6.92 Å². The average Bonchev–Trinajstić information content (AvgIpc) is 2.69. The molecule has 0 bridgehead atoms. The first-order valence-electron chi connectivity index (χ1n) is 9.22. The minimum atomic E-state index is -3.57. The van der Waals surface area contributed by atoms with E-state index in [-0.39, 0.29) is 16.8 Å². The fourth-order valence-corrected chi connectivity index (χ4v) is 4.78. The summed E-state index contributed by atoms with van der Waals surface area (Å²) in [6, 6.07) is 10.0. The van der Waals surface area contributed by atoms with Gasteiger partial charge in [0.1, 0.15) is 0 Å². The van der Waals surface area contributed by atoms with Gasteiger partial charge in [-0.2, -0.15) is 4.31 Å². The molecule has 1 aliphatic heterocycles. The van der Waals surface area contributed by atoms with Gasteiger partial charge in [-0.1, -0.05) is 18.6 Å². The minimum Gasteiger partial charge on any atom is -0.344 e. The number of pyridine rings is 1. The number of carbonyl (C=O) groups is 1. The lowest BCUT2D eigenvalue weighted by molar-refractivity contribution is 0.0938. The van der Waals surface area contributed by atoms with Gasteiger partial charge >= 0.3 is 0 Å². The smallest absolute Gasteiger partial charge is 0.252 e. The van der Waals surface area contributed by atoms with Crippen molar-refractivity contribution >= 4 is 15.9 Å². The predicted octanol–water partition coefficient (Wildman–Crippen LogP) is 3.06. The molecule has 0 saturated carbocycles. The van der Waals surface area contributed by atoms with E-state index in [2.05, 4.69) is 10.3 Å². The Bertz CT molecular complexity index is 907. The van der Waals surface area contributed by atoms with Crippen molar-refractivity contribution in [3.8, 4) is 0 Å². The number of amides is 1. The van der Waals surface area contributed by atoms with Crippen molar-refractivity contribution in [2.45, 2.75) is 44.0 Å². The second-order valence-electron chi connectivity index (χ2n) is 6.89. The third-order valence-electron chi connectivity index (χ3n) is 4.89. The van der Waals surface area contributed by atoms with Gasteiger partial charge in [-0.15, -0.1) is 0 Å². The lowest BCUT2D eigenvalue weighted by Gasteiger charge is -2.26. The highest BCUT2D eigenvalue weighted by Gasteiger charge is 2.27. The highest BCUT2D eigenvalue weighted by Crippen LogP contribution is 2.23. The van der Waals surface area contributed by atoms with Gasteiger partial charge in [0.25, 0.3) is 5.91 Å². The molecule has 1 N–H and O–H groups in total. The minimum absolute atomic E-state index is 0.172. The first-order valence-corrected chi connectivity index (χ1v) is 10.7. The monoisotopic (exact) mass is 387 g/mol. The van der Waals surface area contributed by atoms with Crippen LogP contribution in [0.4, 0.5) is 0 Å². The molecule has 3 rings (SSSR count). The van der Waals surface area contributed by atoms with E-state index in [9.17, 15) is 13.2 Å². The zero-order valence-electron chi connectivity index (χ0n) is 15.7. The Hall–Kier alpha value is -2.25. The SMILES string of the molecule is Cc1ccc(S(=O)(=O)N2CCCCC2)cc1C(=O)NC(C)c1ccccn1. The van der Waals surface area contributed by atoms with Gasteiger partial charge in [0, 0.05) is 24.8 Å². The maximum Gasteiger partial charge on any atom is 0.252 e. The van der Waals surface area contributed by atoms with Crippen LogP contribution in [-0.4, -0.2) is 36.7 Å². The molecule has 27 heavy (non-hydrogen) atoms. The molecule has 1 unspecified atom stereocenters. The van der Waals surface area contributed by atoms with Crippen molar-refractivity contribution in [3.05, 3.63) is 59.4 Å². The van der Waals surface area contributed by atoms with E-state index in [1.54, 1.807) is 25.3 Å². The van der Waals surface area contributed by atoms with E-state index in [1.807, 2.05) is 25.1 Å². The molecule has 1 aromatic heterocycles. The van der Waals surface area contributed by atoms with Crippen LogP contribution in [0.2, 0.25) is 0 Å². The molecule has 2 heterocycles. The van der Waals surface area contributed by atoms with E-state index in [4.69, 9.17) is 0 Å². The number of sulfonamides is 1. The predicted molar refractivity (Wildman–Crippen MR) is 104 cm³/mol. The Labute approximate surface area is 160 Å². The Kier molecular flexibility index (Phi) is 5.92. The lowest BCUT2D eigenvalue weighted by atomic mass is 10.1. The molecule has 7 heteroatoms. The van der Waals surface area contributed by atoms with Crippen molar-refractivity contribution in [2.24, 2.45) is 0 Å². The second-order valence-corrected chi connectivity index (χ2v) is 8.83. The zero-order valence-corrected chi connectivity index (χ0v) is 16.5. The standard InChI is InChI=1S/C20H25N3O3S/c1-15-9-10-17(27(25,26)23-12-6-3-7-13-23)14-18(15)20(24)22-16(2)19-8-4-5-11-21-19/h4-5,8-11,14,16H,3,6-7,12-13H2,1-2H3,(H,22,24). The Morgan fingerprint density at radius 3 is 2.56 bits per heavy atom. The molecule has 1 saturated heterocycles. The fraction of sp³-hybridized carbons (Fsp3) is 0.400. The highest BCUT2D eigenvalue weighted by atomic mass is 32.2. The first kappa shape index (κ1) is 19.5. The van der Waals surface area contributed by atoms with Crippen LogP contribution in [-0.2, 0) is 10.0 Å². The second kappa shape index (κ2) is 8.19. The quantitative estimate of drug-likeness (QED) is 0.855. The molecular formula is C20H25N3O3S. The summed E-state index contributed by atoms with van der Waals surface area (Å²) in [6.45, 7) is 4.73.